The van der Waals surface area contributed by atoms with Gasteiger partial charge in [-0.1, -0.05) is 30.3 Å². The summed E-state index contributed by atoms with van der Waals surface area (Å²) in [6, 6.07) is 15.3. The molecule has 0 saturated heterocycles. The number of benzene rings is 2. The van der Waals surface area contributed by atoms with Gasteiger partial charge in [0.25, 0.3) is 0 Å². The predicted molar refractivity (Wildman–Crippen MR) is 94.4 cm³/mol. The molecule has 24 heavy (non-hydrogen) atoms. The molecule has 0 unspecified atom stereocenters. The van der Waals surface area contributed by atoms with Gasteiger partial charge < -0.3 is 10.2 Å². The van der Waals surface area contributed by atoms with E-state index in [2.05, 4.69) is 22.3 Å². The predicted octanol–water partition coefficient (Wildman–Crippen LogP) is 2.42. The van der Waals surface area contributed by atoms with Crippen LogP contribution in [-0.2, 0) is 16.0 Å². The fourth-order valence-corrected chi connectivity index (χ4v) is 3.55. The van der Waals surface area contributed by atoms with Gasteiger partial charge in [0.05, 0.1) is 11.4 Å². The summed E-state index contributed by atoms with van der Waals surface area (Å²) in [7, 11) is 0. The topological polar surface area (TPSA) is 52.7 Å². The third kappa shape index (κ3) is 2.33. The minimum atomic E-state index is -0.312. The Labute approximate surface area is 140 Å². The lowest BCUT2D eigenvalue weighted by atomic mass is 10.1. The standard InChI is InChI=1S/C19H19N3O2/c1-13(21-11-10-14-6-2-4-8-16(14)21)19(24)22-12-18(23)20-15-7-3-5-9-17(15)22/h2-9,13H,10-12H2,1H3,(H,20,23)/t13-/m1/s1. The van der Waals surface area contributed by atoms with Gasteiger partial charge >= 0.3 is 0 Å². The van der Waals surface area contributed by atoms with Gasteiger partial charge in [-0.2, -0.15) is 0 Å². The maximum Gasteiger partial charge on any atom is 0.249 e. The quantitative estimate of drug-likeness (QED) is 0.924. The molecule has 122 valence electrons. The van der Waals surface area contributed by atoms with Crippen LogP contribution in [0.25, 0.3) is 0 Å². The first kappa shape index (κ1) is 14.8. The van der Waals surface area contributed by atoms with Crippen molar-refractivity contribution < 1.29 is 9.59 Å². The molecule has 2 aromatic carbocycles. The summed E-state index contributed by atoms with van der Waals surface area (Å²) >= 11 is 0. The van der Waals surface area contributed by atoms with Crippen LogP contribution in [0.15, 0.2) is 48.5 Å². The van der Waals surface area contributed by atoms with Crippen LogP contribution in [0, 0.1) is 0 Å². The van der Waals surface area contributed by atoms with Crippen molar-refractivity contribution in [2.75, 3.05) is 28.2 Å². The van der Waals surface area contributed by atoms with Gasteiger partial charge in [0, 0.05) is 12.2 Å². The number of amides is 2. The van der Waals surface area contributed by atoms with Gasteiger partial charge in [0.2, 0.25) is 11.8 Å². The average molecular weight is 321 g/mol. The lowest BCUT2D eigenvalue weighted by Gasteiger charge is -2.34. The molecule has 2 aliphatic rings. The molecule has 0 aliphatic carbocycles. The van der Waals surface area contributed by atoms with Crippen LogP contribution < -0.4 is 15.1 Å². The second-order valence-electron chi connectivity index (χ2n) is 6.24. The van der Waals surface area contributed by atoms with Crippen molar-refractivity contribution in [2.45, 2.75) is 19.4 Å². The molecular formula is C19H19N3O2. The molecule has 2 amide bonds. The second-order valence-corrected chi connectivity index (χ2v) is 6.24. The van der Waals surface area contributed by atoms with Gasteiger partial charge in [0.15, 0.2) is 0 Å². The monoisotopic (exact) mass is 321 g/mol. The Morgan fingerprint density at radius 3 is 2.62 bits per heavy atom. The van der Waals surface area contributed by atoms with Crippen LogP contribution in [0.4, 0.5) is 17.1 Å². The molecule has 0 bridgehead atoms. The molecule has 0 saturated carbocycles. The Morgan fingerprint density at radius 2 is 1.79 bits per heavy atom. The maximum absolute atomic E-state index is 13.1. The highest BCUT2D eigenvalue weighted by molar-refractivity contribution is 6.11. The first-order chi connectivity index (χ1) is 11.6. The van der Waals surface area contributed by atoms with Gasteiger partial charge in [-0.3, -0.25) is 14.5 Å². The van der Waals surface area contributed by atoms with Crippen LogP contribution >= 0.6 is 0 Å². The molecular weight excluding hydrogens is 302 g/mol. The second kappa shape index (κ2) is 5.67. The number of para-hydroxylation sites is 3. The first-order valence-corrected chi connectivity index (χ1v) is 8.20. The highest BCUT2D eigenvalue weighted by Crippen LogP contribution is 2.33. The number of hydrogen-bond acceptors (Lipinski definition) is 3. The molecule has 4 rings (SSSR count). The number of hydrogen-bond donors (Lipinski definition) is 1. The summed E-state index contributed by atoms with van der Waals surface area (Å²) in [5, 5.41) is 2.82. The van der Waals surface area contributed by atoms with Crippen molar-refractivity contribution in [2.24, 2.45) is 0 Å². The number of nitrogens with zero attached hydrogens (tertiary/aromatic N) is 2. The van der Waals surface area contributed by atoms with Gasteiger partial charge in [0.1, 0.15) is 12.6 Å². The Hall–Kier alpha value is -2.82. The van der Waals surface area contributed by atoms with Crippen molar-refractivity contribution in [1.82, 2.24) is 0 Å². The minimum Gasteiger partial charge on any atom is -0.359 e. The molecule has 2 aliphatic heterocycles. The molecule has 0 aromatic heterocycles. The van der Waals surface area contributed by atoms with E-state index in [0.29, 0.717) is 5.69 Å². The Kier molecular flexibility index (Phi) is 3.49. The van der Waals surface area contributed by atoms with Crippen molar-refractivity contribution >= 4 is 28.9 Å². The third-order valence-corrected chi connectivity index (χ3v) is 4.78. The lowest BCUT2D eigenvalue weighted by Crippen LogP contribution is -2.51. The summed E-state index contributed by atoms with van der Waals surface area (Å²) < 4.78 is 0. The smallest absolute Gasteiger partial charge is 0.249 e. The molecule has 1 atom stereocenters. The van der Waals surface area contributed by atoms with E-state index >= 15 is 0 Å². The van der Waals surface area contributed by atoms with Gasteiger partial charge in [-0.15, -0.1) is 0 Å². The maximum atomic E-state index is 13.1. The van der Waals surface area contributed by atoms with E-state index in [1.807, 2.05) is 43.3 Å². The Bertz CT molecular complexity index is 818. The highest BCUT2D eigenvalue weighted by Gasteiger charge is 2.34. The largest absolute Gasteiger partial charge is 0.359 e. The first-order valence-electron chi connectivity index (χ1n) is 8.20. The molecule has 2 aromatic rings. The van der Waals surface area contributed by atoms with E-state index < -0.39 is 0 Å². The summed E-state index contributed by atoms with van der Waals surface area (Å²) in [5.74, 6) is -0.204. The zero-order chi connectivity index (χ0) is 16.7. The van der Waals surface area contributed by atoms with Crippen LogP contribution in [0.3, 0.4) is 0 Å². The summed E-state index contributed by atoms with van der Waals surface area (Å²) in [5.41, 5.74) is 3.85. The van der Waals surface area contributed by atoms with Crippen LogP contribution in [0.1, 0.15) is 12.5 Å². The van der Waals surface area contributed by atoms with Gasteiger partial charge in [-0.25, -0.2) is 0 Å². The fourth-order valence-electron chi connectivity index (χ4n) is 3.55. The molecule has 2 heterocycles. The summed E-state index contributed by atoms with van der Waals surface area (Å²) in [6.07, 6.45) is 0.949. The molecule has 0 spiro atoms. The van der Waals surface area contributed by atoms with Crippen molar-refractivity contribution in [3.05, 3.63) is 54.1 Å². The van der Waals surface area contributed by atoms with E-state index in [0.717, 1.165) is 24.3 Å². The molecule has 0 fully saturated rings. The van der Waals surface area contributed by atoms with E-state index in [1.54, 1.807) is 4.90 Å². The SMILES string of the molecule is C[C@H](C(=O)N1CC(=O)Nc2ccccc21)N1CCc2ccccc21. The number of rotatable bonds is 2. The zero-order valence-electron chi connectivity index (χ0n) is 13.5. The van der Waals surface area contributed by atoms with Crippen LogP contribution in [0.2, 0.25) is 0 Å². The van der Waals surface area contributed by atoms with Gasteiger partial charge in [-0.05, 0) is 37.1 Å². The number of nitrogens with one attached hydrogen (secondary N) is 1. The van der Waals surface area contributed by atoms with Crippen molar-refractivity contribution in [1.29, 1.82) is 0 Å². The number of carbonyl (C=O) groups excluding carboxylic acids is 2. The van der Waals surface area contributed by atoms with E-state index in [9.17, 15) is 9.59 Å². The zero-order valence-corrected chi connectivity index (χ0v) is 13.5. The van der Waals surface area contributed by atoms with Crippen LogP contribution in [0.5, 0.6) is 0 Å². The number of fused-ring (bicyclic) bond motifs is 2. The molecule has 0 radical (unpaired) electrons. The van der Waals surface area contributed by atoms with Crippen molar-refractivity contribution in [3.63, 3.8) is 0 Å². The molecule has 1 N–H and O–H groups in total. The normalized spacial score (nSPS) is 17.1. The van der Waals surface area contributed by atoms with Crippen LogP contribution in [-0.4, -0.2) is 30.9 Å². The average Bonchev–Trinajstić information content (AvgIpc) is 3.03. The summed E-state index contributed by atoms with van der Waals surface area (Å²) in [4.78, 5) is 28.8. The van der Waals surface area contributed by atoms with E-state index in [-0.39, 0.29) is 24.4 Å². The highest BCUT2D eigenvalue weighted by atomic mass is 16.2. The Morgan fingerprint density at radius 1 is 1.08 bits per heavy atom. The fraction of sp³-hybridized carbons (Fsp3) is 0.263. The lowest BCUT2D eigenvalue weighted by molar-refractivity contribution is -0.122. The molecule has 5 heteroatoms. The summed E-state index contributed by atoms with van der Waals surface area (Å²) in [6.45, 7) is 2.81. The Balaban J connectivity index is 1.64. The number of anilines is 3. The van der Waals surface area contributed by atoms with E-state index in [1.165, 1.54) is 5.56 Å². The third-order valence-electron chi connectivity index (χ3n) is 4.78. The minimum absolute atomic E-state index is 0.0472. The van der Waals surface area contributed by atoms with Crippen molar-refractivity contribution in [3.8, 4) is 0 Å². The molecule has 5 nitrogen and oxygen atoms in total. The number of carbonyl (C=O) groups is 2. The van der Waals surface area contributed by atoms with E-state index in [4.69, 9.17) is 0 Å².